The normalized spacial score (nSPS) is 12.0. The molecule has 4 nitrogen and oxygen atoms in total. The fourth-order valence-corrected chi connectivity index (χ4v) is 1.56. The third kappa shape index (κ3) is 4.72. The van der Waals surface area contributed by atoms with Crippen LogP contribution in [0, 0.1) is 0 Å². The Morgan fingerprint density at radius 2 is 2.17 bits per heavy atom. The summed E-state index contributed by atoms with van der Waals surface area (Å²) in [4.78, 5) is 11.7. The van der Waals surface area contributed by atoms with E-state index in [-0.39, 0.29) is 5.91 Å². The molecule has 0 fully saturated rings. The smallest absolute Gasteiger partial charge is 0.260 e. The predicted octanol–water partition coefficient (Wildman–Crippen LogP) is 2.52. The number of carbonyl (C=O) groups is 1. The van der Waals surface area contributed by atoms with Crippen molar-refractivity contribution in [2.45, 2.75) is 13.0 Å². The van der Waals surface area contributed by atoms with Crippen LogP contribution in [0.1, 0.15) is 6.92 Å². The number of hydrogen-bond donors (Lipinski definition) is 1. The third-order valence-corrected chi connectivity index (χ3v) is 2.72. The van der Waals surface area contributed by atoms with Crippen LogP contribution in [0.5, 0.6) is 5.75 Å². The first-order valence-corrected chi connectivity index (χ1v) is 6.18. The molecule has 0 bridgehead atoms. The minimum Gasteiger partial charge on any atom is -0.479 e. The quantitative estimate of drug-likeness (QED) is 0.820. The molecule has 6 heteroatoms. The second-order valence-electron chi connectivity index (χ2n) is 3.62. The van der Waals surface area contributed by atoms with Gasteiger partial charge in [0.15, 0.2) is 6.10 Å². The minimum atomic E-state index is -0.655. The number of halogens is 2. The Labute approximate surface area is 116 Å². The summed E-state index contributed by atoms with van der Waals surface area (Å²) in [5.41, 5.74) is 0. The lowest BCUT2D eigenvalue weighted by atomic mass is 10.3. The van der Waals surface area contributed by atoms with Crippen molar-refractivity contribution in [1.82, 2.24) is 5.32 Å². The number of rotatable bonds is 6. The van der Waals surface area contributed by atoms with Crippen LogP contribution in [0.25, 0.3) is 0 Å². The largest absolute Gasteiger partial charge is 0.479 e. The zero-order valence-corrected chi connectivity index (χ0v) is 11.7. The van der Waals surface area contributed by atoms with Crippen LogP contribution in [0.15, 0.2) is 18.2 Å². The molecule has 0 aromatic heterocycles. The van der Waals surface area contributed by atoms with E-state index in [1.807, 2.05) is 0 Å². The van der Waals surface area contributed by atoms with Gasteiger partial charge in [-0.1, -0.05) is 23.2 Å². The van der Waals surface area contributed by atoms with Gasteiger partial charge in [0.05, 0.1) is 11.6 Å². The van der Waals surface area contributed by atoms with Gasteiger partial charge in [-0.3, -0.25) is 4.79 Å². The molecule has 0 saturated heterocycles. The van der Waals surface area contributed by atoms with Gasteiger partial charge < -0.3 is 14.8 Å². The summed E-state index contributed by atoms with van der Waals surface area (Å²) in [5.74, 6) is 0.154. The molecule has 100 valence electrons. The predicted molar refractivity (Wildman–Crippen MR) is 71.4 cm³/mol. The molecule has 1 aromatic carbocycles. The Balaban J connectivity index is 2.55. The van der Waals surface area contributed by atoms with Crippen LogP contribution in [0.2, 0.25) is 10.0 Å². The van der Waals surface area contributed by atoms with Gasteiger partial charge in [-0.05, 0) is 19.1 Å². The summed E-state index contributed by atoms with van der Waals surface area (Å²) in [6.45, 7) is 2.53. The van der Waals surface area contributed by atoms with E-state index in [0.29, 0.717) is 28.9 Å². The molecule has 0 aliphatic rings. The van der Waals surface area contributed by atoms with Gasteiger partial charge >= 0.3 is 0 Å². The highest BCUT2D eigenvalue weighted by molar-refractivity contribution is 6.34. The first-order valence-electron chi connectivity index (χ1n) is 5.43. The van der Waals surface area contributed by atoms with E-state index in [1.54, 1.807) is 32.2 Å². The highest BCUT2D eigenvalue weighted by Crippen LogP contribution is 2.28. The zero-order valence-electron chi connectivity index (χ0n) is 10.2. The number of benzene rings is 1. The molecule has 0 heterocycles. The topological polar surface area (TPSA) is 47.6 Å². The second-order valence-corrected chi connectivity index (χ2v) is 4.46. The van der Waals surface area contributed by atoms with Gasteiger partial charge in [0, 0.05) is 24.7 Å². The lowest BCUT2D eigenvalue weighted by Gasteiger charge is -2.15. The van der Waals surface area contributed by atoms with E-state index in [0.717, 1.165) is 0 Å². The molecule has 1 N–H and O–H groups in total. The Bertz CT molecular complexity index is 412. The molecular formula is C12H15Cl2NO3. The van der Waals surface area contributed by atoms with Crippen LogP contribution in [0.4, 0.5) is 0 Å². The van der Waals surface area contributed by atoms with Crippen molar-refractivity contribution in [3.63, 3.8) is 0 Å². The average Bonchev–Trinajstić information content (AvgIpc) is 2.34. The molecule has 18 heavy (non-hydrogen) atoms. The zero-order chi connectivity index (χ0) is 13.5. The van der Waals surface area contributed by atoms with Crippen molar-refractivity contribution in [1.29, 1.82) is 0 Å². The van der Waals surface area contributed by atoms with Gasteiger partial charge in [0.25, 0.3) is 5.91 Å². The number of carbonyl (C=O) groups excluding carboxylic acids is 1. The maximum absolute atomic E-state index is 11.7. The number of hydrogen-bond acceptors (Lipinski definition) is 3. The minimum absolute atomic E-state index is 0.233. The molecule has 1 rings (SSSR count). The molecule has 0 aliphatic carbocycles. The van der Waals surface area contributed by atoms with Crippen LogP contribution >= 0.6 is 23.2 Å². The summed E-state index contributed by atoms with van der Waals surface area (Å²) in [7, 11) is 1.57. The molecule has 1 amide bonds. The van der Waals surface area contributed by atoms with Crippen molar-refractivity contribution < 1.29 is 14.3 Å². The van der Waals surface area contributed by atoms with Gasteiger partial charge in [0.2, 0.25) is 0 Å². The molecule has 1 aromatic rings. The maximum atomic E-state index is 11.7. The van der Waals surface area contributed by atoms with Crippen molar-refractivity contribution in [2.75, 3.05) is 20.3 Å². The number of amides is 1. The van der Waals surface area contributed by atoms with E-state index >= 15 is 0 Å². The second kappa shape index (κ2) is 7.46. The summed E-state index contributed by atoms with van der Waals surface area (Å²) < 4.78 is 10.3. The standard InChI is InChI=1S/C12H15Cl2NO3/c1-8(12(16)15-5-6-17-2)18-11-7-9(13)3-4-10(11)14/h3-4,7-8H,5-6H2,1-2H3,(H,15,16)/t8-/m1/s1. The van der Waals surface area contributed by atoms with Crippen molar-refractivity contribution in [2.24, 2.45) is 0 Å². The van der Waals surface area contributed by atoms with E-state index in [4.69, 9.17) is 32.7 Å². The molecule has 0 spiro atoms. The molecule has 0 aliphatic heterocycles. The molecule has 0 unspecified atom stereocenters. The molecular weight excluding hydrogens is 277 g/mol. The number of ether oxygens (including phenoxy) is 2. The van der Waals surface area contributed by atoms with E-state index in [9.17, 15) is 4.79 Å². The fraction of sp³-hybridized carbons (Fsp3) is 0.417. The van der Waals surface area contributed by atoms with Gasteiger partial charge in [0.1, 0.15) is 5.75 Å². The summed E-state index contributed by atoms with van der Waals surface area (Å²) in [6, 6.07) is 4.84. The third-order valence-electron chi connectivity index (χ3n) is 2.17. The van der Waals surface area contributed by atoms with Gasteiger partial charge in [-0.25, -0.2) is 0 Å². The Morgan fingerprint density at radius 3 is 2.83 bits per heavy atom. The highest BCUT2D eigenvalue weighted by atomic mass is 35.5. The van der Waals surface area contributed by atoms with Crippen molar-refractivity contribution in [3.05, 3.63) is 28.2 Å². The summed E-state index contributed by atoms with van der Waals surface area (Å²) in [5, 5.41) is 3.59. The van der Waals surface area contributed by atoms with Crippen molar-refractivity contribution in [3.8, 4) is 5.75 Å². The maximum Gasteiger partial charge on any atom is 0.260 e. The first kappa shape index (κ1) is 15.1. The SMILES string of the molecule is COCCNC(=O)[C@@H](C)Oc1cc(Cl)ccc1Cl. The van der Waals surface area contributed by atoms with Gasteiger partial charge in [-0.2, -0.15) is 0 Å². The first-order chi connectivity index (χ1) is 8.54. The summed E-state index contributed by atoms with van der Waals surface area (Å²) >= 11 is 11.8. The summed E-state index contributed by atoms with van der Waals surface area (Å²) in [6.07, 6.45) is -0.655. The van der Waals surface area contributed by atoms with Crippen LogP contribution in [-0.4, -0.2) is 32.3 Å². The van der Waals surface area contributed by atoms with E-state index in [2.05, 4.69) is 5.32 Å². The van der Waals surface area contributed by atoms with Gasteiger partial charge in [-0.15, -0.1) is 0 Å². The Hall–Kier alpha value is -0.970. The number of methoxy groups -OCH3 is 1. The monoisotopic (exact) mass is 291 g/mol. The average molecular weight is 292 g/mol. The van der Waals surface area contributed by atoms with E-state index < -0.39 is 6.10 Å². The highest BCUT2D eigenvalue weighted by Gasteiger charge is 2.15. The molecule has 1 atom stereocenters. The molecule has 0 saturated carbocycles. The fourth-order valence-electron chi connectivity index (χ4n) is 1.23. The van der Waals surface area contributed by atoms with Crippen LogP contribution in [0.3, 0.4) is 0 Å². The van der Waals surface area contributed by atoms with Crippen LogP contribution in [-0.2, 0) is 9.53 Å². The lowest BCUT2D eigenvalue weighted by Crippen LogP contribution is -2.37. The van der Waals surface area contributed by atoms with Crippen LogP contribution < -0.4 is 10.1 Å². The number of nitrogens with one attached hydrogen (secondary N) is 1. The lowest BCUT2D eigenvalue weighted by molar-refractivity contribution is -0.127. The van der Waals surface area contributed by atoms with E-state index in [1.165, 1.54) is 0 Å². The van der Waals surface area contributed by atoms with Crippen molar-refractivity contribution >= 4 is 29.1 Å². The Morgan fingerprint density at radius 1 is 1.44 bits per heavy atom. The Kier molecular flexibility index (Phi) is 6.25. The molecule has 0 radical (unpaired) electrons.